The summed E-state index contributed by atoms with van der Waals surface area (Å²) in [6, 6.07) is 6.19. The van der Waals surface area contributed by atoms with Gasteiger partial charge in [0.25, 0.3) is 0 Å². The molecule has 0 aliphatic carbocycles. The fraction of sp³-hybridized carbons (Fsp3) is 0.273. The summed E-state index contributed by atoms with van der Waals surface area (Å²) < 4.78 is 6.69. The molecule has 0 fully saturated rings. The number of rotatable bonds is 1. The van der Waals surface area contributed by atoms with E-state index >= 15 is 0 Å². The number of nitrogens with zero attached hydrogens (tertiary/aromatic N) is 1. The third-order valence-electron chi connectivity index (χ3n) is 2.78. The zero-order valence-electron chi connectivity index (χ0n) is 8.24. The summed E-state index contributed by atoms with van der Waals surface area (Å²) in [4.78, 5) is 3.68. The van der Waals surface area contributed by atoms with E-state index in [4.69, 9.17) is 4.42 Å². The van der Waals surface area contributed by atoms with E-state index in [0.29, 0.717) is 5.92 Å². The van der Waals surface area contributed by atoms with Crippen LogP contribution in [0.4, 0.5) is 5.69 Å². The van der Waals surface area contributed by atoms with Gasteiger partial charge in [0, 0.05) is 18.5 Å². The largest absolute Gasteiger partial charge is 0.469 e. The van der Waals surface area contributed by atoms with Crippen molar-refractivity contribution in [3.05, 3.63) is 38.9 Å². The Morgan fingerprint density at radius 1 is 1.60 bits per heavy atom. The minimum absolute atomic E-state index is 0.399. The molecular formula is C11H10BrNOS. The SMILES string of the molecule is CN1CC(c2ccco2)c2sc(Br)cc21. The highest BCUT2D eigenvalue weighted by molar-refractivity contribution is 9.11. The van der Waals surface area contributed by atoms with Gasteiger partial charge in [-0.2, -0.15) is 0 Å². The average Bonchev–Trinajstić information content (AvgIpc) is 2.85. The number of hydrogen-bond acceptors (Lipinski definition) is 3. The Balaban J connectivity index is 2.08. The lowest BCUT2D eigenvalue weighted by Crippen LogP contribution is -2.15. The molecule has 0 spiro atoms. The van der Waals surface area contributed by atoms with Gasteiger partial charge >= 0.3 is 0 Å². The molecule has 0 saturated heterocycles. The van der Waals surface area contributed by atoms with Gasteiger partial charge in [0.05, 0.1) is 21.7 Å². The summed E-state index contributed by atoms with van der Waals surface area (Å²) >= 11 is 5.34. The molecular weight excluding hydrogens is 274 g/mol. The van der Waals surface area contributed by atoms with E-state index in [9.17, 15) is 0 Å². The van der Waals surface area contributed by atoms with E-state index in [1.165, 1.54) is 14.4 Å². The van der Waals surface area contributed by atoms with Crippen molar-refractivity contribution in [2.45, 2.75) is 5.92 Å². The van der Waals surface area contributed by atoms with E-state index in [1.807, 2.05) is 6.07 Å². The van der Waals surface area contributed by atoms with Crippen molar-refractivity contribution < 1.29 is 4.42 Å². The molecule has 15 heavy (non-hydrogen) atoms. The first-order chi connectivity index (χ1) is 7.25. The molecule has 1 aliphatic rings. The van der Waals surface area contributed by atoms with Gasteiger partial charge in [0.15, 0.2) is 0 Å². The molecule has 0 bridgehead atoms. The highest BCUT2D eigenvalue weighted by atomic mass is 79.9. The Kier molecular flexibility index (Phi) is 2.14. The molecule has 0 amide bonds. The number of anilines is 1. The lowest BCUT2D eigenvalue weighted by atomic mass is 10.1. The van der Waals surface area contributed by atoms with Crippen molar-refractivity contribution in [2.75, 3.05) is 18.5 Å². The third-order valence-corrected chi connectivity index (χ3v) is 4.52. The van der Waals surface area contributed by atoms with Crippen molar-refractivity contribution in [1.82, 2.24) is 0 Å². The van der Waals surface area contributed by atoms with Gasteiger partial charge in [-0.25, -0.2) is 0 Å². The number of thiophene rings is 1. The molecule has 2 nitrogen and oxygen atoms in total. The van der Waals surface area contributed by atoms with Crippen LogP contribution < -0.4 is 4.90 Å². The zero-order chi connectivity index (χ0) is 10.4. The summed E-state index contributed by atoms with van der Waals surface area (Å²) in [5.41, 5.74) is 1.33. The first-order valence-electron chi connectivity index (χ1n) is 4.79. The van der Waals surface area contributed by atoms with Crippen LogP contribution >= 0.6 is 27.3 Å². The van der Waals surface area contributed by atoms with Crippen molar-refractivity contribution in [2.24, 2.45) is 0 Å². The number of halogens is 1. The molecule has 1 atom stereocenters. The topological polar surface area (TPSA) is 16.4 Å². The fourth-order valence-electron chi connectivity index (χ4n) is 2.08. The molecule has 0 N–H and O–H groups in total. The van der Waals surface area contributed by atoms with Gasteiger partial charge in [-0.15, -0.1) is 11.3 Å². The van der Waals surface area contributed by atoms with Gasteiger partial charge < -0.3 is 9.32 Å². The van der Waals surface area contributed by atoms with E-state index in [2.05, 4.69) is 40.0 Å². The van der Waals surface area contributed by atoms with Gasteiger partial charge in [0.1, 0.15) is 5.76 Å². The van der Waals surface area contributed by atoms with E-state index in [-0.39, 0.29) is 0 Å². The van der Waals surface area contributed by atoms with Crippen LogP contribution in [-0.4, -0.2) is 13.6 Å². The maximum atomic E-state index is 5.50. The van der Waals surface area contributed by atoms with Crippen LogP contribution in [0.15, 0.2) is 32.7 Å². The van der Waals surface area contributed by atoms with Crippen LogP contribution in [0.1, 0.15) is 16.6 Å². The molecule has 1 unspecified atom stereocenters. The summed E-state index contributed by atoms with van der Waals surface area (Å²) in [5, 5.41) is 0. The van der Waals surface area contributed by atoms with Crippen LogP contribution in [0, 0.1) is 0 Å². The minimum Gasteiger partial charge on any atom is -0.469 e. The first kappa shape index (κ1) is 9.48. The standard InChI is InChI=1S/C11H10BrNOS/c1-13-6-7(9-3-2-4-14-9)11-8(13)5-10(12)15-11/h2-5,7H,6H2,1H3. The van der Waals surface area contributed by atoms with Crippen LogP contribution in [-0.2, 0) is 0 Å². The van der Waals surface area contributed by atoms with Gasteiger partial charge in [0.2, 0.25) is 0 Å². The average molecular weight is 284 g/mol. The molecule has 0 radical (unpaired) electrons. The van der Waals surface area contributed by atoms with Gasteiger partial charge in [-0.05, 0) is 34.1 Å². The molecule has 4 heteroatoms. The minimum atomic E-state index is 0.399. The predicted octanol–water partition coefficient (Wildman–Crippen LogP) is 3.69. The Hall–Kier alpha value is -0.740. The molecule has 0 saturated carbocycles. The molecule has 1 aliphatic heterocycles. The number of fused-ring (bicyclic) bond motifs is 1. The second kappa shape index (κ2) is 3.39. The first-order valence-corrected chi connectivity index (χ1v) is 6.40. The summed E-state index contributed by atoms with van der Waals surface area (Å²) in [5.74, 6) is 1.46. The second-order valence-electron chi connectivity index (χ2n) is 3.75. The van der Waals surface area contributed by atoms with Crippen molar-refractivity contribution in [3.8, 4) is 0 Å². The highest BCUT2D eigenvalue weighted by Gasteiger charge is 2.31. The highest BCUT2D eigenvalue weighted by Crippen LogP contribution is 2.46. The molecule has 2 aromatic heterocycles. The number of hydrogen-bond donors (Lipinski definition) is 0. The predicted molar refractivity (Wildman–Crippen MR) is 65.8 cm³/mol. The monoisotopic (exact) mass is 283 g/mol. The third kappa shape index (κ3) is 1.43. The second-order valence-corrected chi connectivity index (χ2v) is 6.21. The Morgan fingerprint density at radius 3 is 3.20 bits per heavy atom. The van der Waals surface area contributed by atoms with E-state index in [1.54, 1.807) is 17.6 Å². The van der Waals surface area contributed by atoms with Crippen LogP contribution in [0.3, 0.4) is 0 Å². The molecule has 3 rings (SSSR count). The lowest BCUT2D eigenvalue weighted by Gasteiger charge is -2.11. The van der Waals surface area contributed by atoms with Crippen LogP contribution in [0.5, 0.6) is 0 Å². The van der Waals surface area contributed by atoms with Crippen molar-refractivity contribution in [1.29, 1.82) is 0 Å². The normalized spacial score (nSPS) is 19.6. The van der Waals surface area contributed by atoms with Crippen molar-refractivity contribution in [3.63, 3.8) is 0 Å². The van der Waals surface area contributed by atoms with Gasteiger partial charge in [-0.1, -0.05) is 0 Å². The summed E-state index contributed by atoms with van der Waals surface area (Å²) in [6.07, 6.45) is 1.75. The van der Waals surface area contributed by atoms with E-state index in [0.717, 1.165) is 12.3 Å². The zero-order valence-corrected chi connectivity index (χ0v) is 10.6. The summed E-state index contributed by atoms with van der Waals surface area (Å²) in [7, 11) is 2.13. The Labute approximate surface area is 101 Å². The quantitative estimate of drug-likeness (QED) is 0.794. The molecule has 0 aromatic carbocycles. The molecule has 3 heterocycles. The maximum Gasteiger partial charge on any atom is 0.113 e. The van der Waals surface area contributed by atoms with Crippen LogP contribution in [0.25, 0.3) is 0 Å². The van der Waals surface area contributed by atoms with E-state index < -0.39 is 0 Å². The van der Waals surface area contributed by atoms with Crippen molar-refractivity contribution >= 4 is 33.0 Å². The molecule has 2 aromatic rings. The van der Waals surface area contributed by atoms with Gasteiger partial charge in [-0.3, -0.25) is 0 Å². The number of furan rings is 1. The smallest absolute Gasteiger partial charge is 0.113 e. The maximum absolute atomic E-state index is 5.50. The molecule has 78 valence electrons. The van der Waals surface area contributed by atoms with Crippen LogP contribution in [0.2, 0.25) is 0 Å². The fourth-order valence-corrected chi connectivity index (χ4v) is 3.85. The Bertz CT molecular complexity index is 477. The number of likely N-dealkylation sites (N-methyl/N-ethyl adjacent to an activating group) is 1. The Morgan fingerprint density at radius 2 is 2.47 bits per heavy atom. The summed E-state index contributed by atoms with van der Waals surface area (Å²) in [6.45, 7) is 1.02. The lowest BCUT2D eigenvalue weighted by molar-refractivity contribution is 0.493.